The van der Waals surface area contributed by atoms with Crippen molar-refractivity contribution in [1.82, 2.24) is 0 Å². The number of methoxy groups -OCH3 is 1. The van der Waals surface area contributed by atoms with Gasteiger partial charge in [0.2, 0.25) is 0 Å². The Morgan fingerprint density at radius 3 is 2.20 bits per heavy atom. The summed E-state index contributed by atoms with van der Waals surface area (Å²) in [6, 6.07) is 19.0. The fraction of sp³-hybridized carbons (Fsp3) is 0.188. The molecule has 0 aromatic heterocycles. The lowest BCUT2D eigenvalue weighted by molar-refractivity contribution is -0.141. The number of hydrogen-bond acceptors (Lipinski definition) is 3. The first kappa shape index (κ1) is 14.4. The third-order valence-corrected chi connectivity index (χ3v) is 3.48. The van der Waals surface area contributed by atoms with Gasteiger partial charge in [0.1, 0.15) is 0 Å². The summed E-state index contributed by atoms with van der Waals surface area (Å²) in [5, 5.41) is 0. The lowest BCUT2D eigenvalue weighted by Crippen LogP contribution is -2.22. The molecule has 0 spiro atoms. The first-order valence-corrected chi connectivity index (χ1v) is 6.68. The average molecular weight is 290 g/mol. The van der Waals surface area contributed by atoms with Crippen LogP contribution in [0, 0.1) is 0 Å². The molecule has 0 unspecified atom stereocenters. The molecule has 0 fully saturated rings. The molecule has 0 aliphatic heterocycles. The summed E-state index contributed by atoms with van der Waals surface area (Å²) in [5.41, 5.74) is 1.81. The van der Waals surface area contributed by atoms with E-state index in [9.17, 15) is 4.79 Å². The van der Waals surface area contributed by atoms with Gasteiger partial charge in [-0.15, -0.1) is 0 Å². The molecule has 0 heterocycles. The molecule has 104 valence electrons. The Morgan fingerprint density at radius 2 is 1.65 bits per heavy atom. The summed E-state index contributed by atoms with van der Waals surface area (Å²) in [5.74, 6) is -0.291. The summed E-state index contributed by atoms with van der Waals surface area (Å²) in [7, 11) is 1.38. The summed E-state index contributed by atoms with van der Waals surface area (Å²) in [6.45, 7) is 0. The van der Waals surface area contributed by atoms with Gasteiger partial charge in [-0.3, -0.25) is 9.21 Å². The zero-order valence-electron chi connectivity index (χ0n) is 11.2. The molecule has 0 saturated heterocycles. The Hall–Kier alpha value is -2.00. The van der Waals surface area contributed by atoms with E-state index in [4.69, 9.17) is 16.5 Å². The van der Waals surface area contributed by atoms with Crippen LogP contribution >= 0.6 is 11.8 Å². The monoisotopic (exact) mass is 289 g/mol. The van der Waals surface area contributed by atoms with Gasteiger partial charge in [-0.05, 0) is 17.7 Å². The molecule has 2 aromatic carbocycles. The lowest BCUT2D eigenvalue weighted by Gasteiger charge is -2.26. The number of para-hydroxylation sites is 1. The molecular weight excluding hydrogens is 274 g/mol. The number of rotatable bonds is 5. The maximum Gasteiger partial charge on any atom is 0.308 e. The highest BCUT2D eigenvalue weighted by atomic mass is 35.5. The quantitative estimate of drug-likeness (QED) is 0.616. The van der Waals surface area contributed by atoms with Crippen molar-refractivity contribution in [2.75, 3.05) is 11.5 Å². The number of anilines is 1. The number of nitrogens with zero attached hydrogens (tertiary/aromatic N) is 1. The van der Waals surface area contributed by atoms with Crippen LogP contribution in [-0.2, 0) is 9.53 Å². The molecule has 0 saturated carbocycles. The van der Waals surface area contributed by atoms with E-state index in [1.165, 1.54) is 7.11 Å². The number of esters is 1. The van der Waals surface area contributed by atoms with Crippen LogP contribution < -0.4 is 4.42 Å². The van der Waals surface area contributed by atoms with Gasteiger partial charge in [0.05, 0.1) is 25.3 Å². The molecule has 0 amide bonds. The second-order valence-corrected chi connectivity index (χ2v) is 4.72. The SMILES string of the molecule is COC(=O)C[C@@H](c1ccccc1)N(Cl)c1ccccc1. The third-order valence-electron chi connectivity index (χ3n) is 3.05. The number of ether oxygens (including phenoxy) is 1. The minimum atomic E-state index is -0.291. The zero-order valence-corrected chi connectivity index (χ0v) is 12.0. The van der Waals surface area contributed by atoms with Crippen LogP contribution in [0.15, 0.2) is 60.7 Å². The standard InChI is InChI=1S/C16H16ClNO2/c1-20-16(19)12-15(13-8-4-2-5-9-13)18(17)14-10-6-3-7-11-14/h2-11,15H,12H2,1H3/t15-/m0/s1. The molecule has 2 aromatic rings. The van der Waals surface area contributed by atoms with Crippen LogP contribution in [0.3, 0.4) is 0 Å². The van der Waals surface area contributed by atoms with Crippen molar-refractivity contribution in [3.8, 4) is 0 Å². The van der Waals surface area contributed by atoms with Gasteiger partial charge in [0, 0.05) is 11.8 Å². The first-order valence-electron chi connectivity index (χ1n) is 6.34. The van der Waals surface area contributed by atoms with Crippen molar-refractivity contribution in [2.45, 2.75) is 12.5 Å². The largest absolute Gasteiger partial charge is 0.469 e. The van der Waals surface area contributed by atoms with Gasteiger partial charge in [0.15, 0.2) is 0 Å². The fourth-order valence-electron chi connectivity index (χ4n) is 2.00. The predicted molar refractivity (Wildman–Crippen MR) is 80.6 cm³/mol. The number of carbonyl (C=O) groups is 1. The molecule has 2 rings (SSSR count). The van der Waals surface area contributed by atoms with E-state index < -0.39 is 0 Å². The van der Waals surface area contributed by atoms with Gasteiger partial charge in [-0.2, -0.15) is 0 Å². The lowest BCUT2D eigenvalue weighted by atomic mass is 10.0. The summed E-state index contributed by atoms with van der Waals surface area (Å²) in [6.07, 6.45) is 0.193. The van der Waals surface area contributed by atoms with Crippen LogP contribution in [0.25, 0.3) is 0 Å². The fourth-order valence-corrected chi connectivity index (χ4v) is 2.29. The highest BCUT2D eigenvalue weighted by Gasteiger charge is 2.23. The van der Waals surface area contributed by atoms with Crippen LogP contribution in [0.5, 0.6) is 0 Å². The van der Waals surface area contributed by atoms with Crippen LogP contribution in [0.2, 0.25) is 0 Å². The summed E-state index contributed by atoms with van der Waals surface area (Å²) < 4.78 is 6.34. The Kier molecular flexibility index (Phi) is 5.02. The van der Waals surface area contributed by atoms with E-state index in [0.717, 1.165) is 11.3 Å². The molecule has 1 atom stereocenters. The van der Waals surface area contributed by atoms with E-state index in [1.54, 1.807) is 4.42 Å². The number of hydrogen-bond donors (Lipinski definition) is 0. The molecule has 0 N–H and O–H groups in total. The van der Waals surface area contributed by atoms with Crippen molar-refractivity contribution in [1.29, 1.82) is 0 Å². The average Bonchev–Trinajstić information content (AvgIpc) is 2.53. The van der Waals surface area contributed by atoms with Crippen molar-refractivity contribution in [3.05, 3.63) is 66.2 Å². The molecule has 4 heteroatoms. The number of benzene rings is 2. The van der Waals surface area contributed by atoms with Crippen molar-refractivity contribution in [2.24, 2.45) is 0 Å². The first-order chi connectivity index (χ1) is 9.72. The Morgan fingerprint density at radius 1 is 1.10 bits per heavy atom. The molecular formula is C16H16ClNO2. The highest BCUT2D eigenvalue weighted by molar-refractivity contribution is 6.26. The maximum absolute atomic E-state index is 11.6. The molecule has 0 radical (unpaired) electrons. The minimum absolute atomic E-state index is 0.193. The normalized spacial score (nSPS) is 11.7. The highest BCUT2D eigenvalue weighted by Crippen LogP contribution is 2.31. The Labute approximate surface area is 123 Å². The van der Waals surface area contributed by atoms with Gasteiger partial charge < -0.3 is 4.74 Å². The van der Waals surface area contributed by atoms with E-state index in [0.29, 0.717) is 0 Å². The summed E-state index contributed by atoms with van der Waals surface area (Å²) in [4.78, 5) is 11.6. The molecule has 20 heavy (non-hydrogen) atoms. The Bertz CT molecular complexity index is 545. The van der Waals surface area contributed by atoms with Crippen molar-refractivity contribution >= 4 is 23.4 Å². The summed E-state index contributed by atoms with van der Waals surface area (Å²) >= 11 is 6.43. The van der Waals surface area contributed by atoms with Crippen LogP contribution in [0.4, 0.5) is 5.69 Å². The number of carbonyl (C=O) groups excluding carboxylic acids is 1. The maximum atomic E-state index is 11.6. The van der Waals surface area contributed by atoms with Crippen LogP contribution in [-0.4, -0.2) is 13.1 Å². The second kappa shape index (κ2) is 6.96. The molecule has 0 aliphatic carbocycles. The zero-order chi connectivity index (χ0) is 14.4. The van der Waals surface area contributed by atoms with Gasteiger partial charge >= 0.3 is 5.97 Å². The van der Waals surface area contributed by atoms with E-state index >= 15 is 0 Å². The predicted octanol–water partition coefficient (Wildman–Crippen LogP) is 3.95. The number of halogens is 1. The molecule has 3 nitrogen and oxygen atoms in total. The minimum Gasteiger partial charge on any atom is -0.469 e. The van der Waals surface area contributed by atoms with Crippen molar-refractivity contribution in [3.63, 3.8) is 0 Å². The molecule has 0 bridgehead atoms. The second-order valence-electron chi connectivity index (χ2n) is 4.35. The van der Waals surface area contributed by atoms with Crippen LogP contribution in [0.1, 0.15) is 18.0 Å². The van der Waals surface area contributed by atoms with Gasteiger partial charge in [-0.1, -0.05) is 48.5 Å². The topological polar surface area (TPSA) is 29.5 Å². The van der Waals surface area contributed by atoms with E-state index in [2.05, 4.69) is 0 Å². The molecule has 0 aliphatic rings. The third kappa shape index (κ3) is 3.52. The van der Waals surface area contributed by atoms with E-state index in [1.807, 2.05) is 60.7 Å². The van der Waals surface area contributed by atoms with E-state index in [-0.39, 0.29) is 18.4 Å². The van der Waals surface area contributed by atoms with Gasteiger partial charge in [-0.25, -0.2) is 0 Å². The van der Waals surface area contributed by atoms with Gasteiger partial charge in [0.25, 0.3) is 0 Å². The Balaban J connectivity index is 2.29. The smallest absolute Gasteiger partial charge is 0.308 e. The van der Waals surface area contributed by atoms with Crippen molar-refractivity contribution < 1.29 is 9.53 Å².